The van der Waals surface area contributed by atoms with Crippen LogP contribution in [-0.4, -0.2) is 50.4 Å². The number of carboxylic acids is 1. The van der Waals surface area contributed by atoms with Gasteiger partial charge in [0, 0.05) is 13.6 Å². The Morgan fingerprint density at radius 1 is 1.29 bits per heavy atom. The van der Waals surface area contributed by atoms with Crippen molar-refractivity contribution in [2.75, 3.05) is 13.6 Å². The van der Waals surface area contributed by atoms with Crippen molar-refractivity contribution in [2.24, 2.45) is 5.92 Å². The molecule has 2 rings (SSSR count). The van der Waals surface area contributed by atoms with Crippen LogP contribution in [0.25, 0.3) is 5.69 Å². The van der Waals surface area contributed by atoms with Gasteiger partial charge in [0.05, 0.1) is 17.6 Å². The van der Waals surface area contributed by atoms with E-state index < -0.39 is 11.9 Å². The second kappa shape index (κ2) is 7.58. The zero-order valence-electron chi connectivity index (χ0n) is 13.9. The summed E-state index contributed by atoms with van der Waals surface area (Å²) in [4.78, 5) is 28.3. The van der Waals surface area contributed by atoms with E-state index in [9.17, 15) is 9.59 Å². The summed E-state index contributed by atoms with van der Waals surface area (Å²) < 4.78 is 1.65. The van der Waals surface area contributed by atoms with E-state index in [1.54, 1.807) is 25.0 Å². The molecule has 1 aromatic heterocycles. The fourth-order valence-electron chi connectivity index (χ4n) is 2.21. The van der Waals surface area contributed by atoms with Crippen molar-refractivity contribution in [1.29, 1.82) is 0 Å². The summed E-state index contributed by atoms with van der Waals surface area (Å²) in [6.07, 6.45) is 3.07. The number of aliphatic carboxylic acids is 1. The van der Waals surface area contributed by atoms with Crippen LogP contribution >= 0.6 is 0 Å². The summed E-state index contributed by atoms with van der Waals surface area (Å²) in [5.41, 5.74) is 1.81. The normalized spacial score (nSPS) is 13.1. The average Bonchev–Trinajstić information content (AvgIpc) is 3.09. The molecule has 1 heterocycles. The highest BCUT2D eigenvalue weighted by Crippen LogP contribution is 2.15. The quantitative estimate of drug-likeness (QED) is 0.839. The van der Waals surface area contributed by atoms with Gasteiger partial charge >= 0.3 is 12.0 Å². The lowest BCUT2D eigenvalue weighted by atomic mass is 10.1. The van der Waals surface area contributed by atoms with Gasteiger partial charge in [-0.1, -0.05) is 19.1 Å². The van der Waals surface area contributed by atoms with Gasteiger partial charge in [-0.25, -0.2) is 14.5 Å². The predicted octanol–water partition coefficient (Wildman–Crippen LogP) is 1.69. The molecule has 24 heavy (non-hydrogen) atoms. The van der Waals surface area contributed by atoms with Crippen molar-refractivity contribution in [2.45, 2.75) is 19.9 Å². The lowest BCUT2D eigenvalue weighted by Crippen LogP contribution is -2.41. The SMILES string of the molecule is CC(CN(C)C(=O)NC(C)c1ccc(-n2cncn2)cc1)C(=O)O. The monoisotopic (exact) mass is 331 g/mol. The maximum Gasteiger partial charge on any atom is 0.317 e. The summed E-state index contributed by atoms with van der Waals surface area (Å²) in [5.74, 6) is -1.54. The Morgan fingerprint density at radius 2 is 1.96 bits per heavy atom. The van der Waals surface area contributed by atoms with E-state index in [0.717, 1.165) is 11.3 Å². The molecule has 2 aromatic rings. The number of carboxylic acid groups (broad SMARTS) is 1. The number of hydrogen-bond donors (Lipinski definition) is 2. The Morgan fingerprint density at radius 3 is 2.50 bits per heavy atom. The number of carbonyl (C=O) groups excluding carboxylic acids is 1. The van der Waals surface area contributed by atoms with Gasteiger partial charge in [0.15, 0.2) is 0 Å². The summed E-state index contributed by atoms with van der Waals surface area (Å²) in [5, 5.41) is 15.8. The third kappa shape index (κ3) is 4.31. The number of hydrogen-bond acceptors (Lipinski definition) is 4. The van der Waals surface area contributed by atoms with Crippen LogP contribution in [0, 0.1) is 5.92 Å². The van der Waals surface area contributed by atoms with Crippen LogP contribution in [0.4, 0.5) is 4.79 Å². The molecule has 0 aliphatic carbocycles. The summed E-state index contributed by atoms with van der Waals surface area (Å²) in [6, 6.07) is 7.08. The number of aromatic nitrogens is 3. The lowest BCUT2D eigenvalue weighted by Gasteiger charge is -2.23. The first kappa shape index (κ1) is 17.5. The third-order valence-corrected chi connectivity index (χ3v) is 3.73. The molecule has 8 heteroatoms. The number of urea groups is 1. The zero-order valence-corrected chi connectivity index (χ0v) is 13.9. The van der Waals surface area contributed by atoms with Gasteiger partial charge in [0.25, 0.3) is 0 Å². The fraction of sp³-hybridized carbons (Fsp3) is 0.375. The Bertz CT molecular complexity index is 684. The first-order chi connectivity index (χ1) is 11.4. The molecule has 0 saturated carbocycles. The van der Waals surface area contributed by atoms with E-state index in [4.69, 9.17) is 5.11 Å². The average molecular weight is 331 g/mol. The molecule has 0 fully saturated rings. The summed E-state index contributed by atoms with van der Waals surface area (Å²) >= 11 is 0. The van der Waals surface area contributed by atoms with Crippen LogP contribution in [0.2, 0.25) is 0 Å². The largest absolute Gasteiger partial charge is 0.481 e. The molecule has 0 radical (unpaired) electrons. The number of carbonyl (C=O) groups is 2. The lowest BCUT2D eigenvalue weighted by molar-refractivity contribution is -0.141. The summed E-state index contributed by atoms with van der Waals surface area (Å²) in [6.45, 7) is 3.59. The molecule has 0 bridgehead atoms. The highest BCUT2D eigenvalue weighted by Gasteiger charge is 2.19. The topological polar surface area (TPSA) is 100 Å². The maximum atomic E-state index is 12.1. The zero-order chi connectivity index (χ0) is 17.7. The van der Waals surface area contributed by atoms with Crippen molar-refractivity contribution < 1.29 is 14.7 Å². The molecule has 0 spiro atoms. The molecular weight excluding hydrogens is 310 g/mol. The van der Waals surface area contributed by atoms with Crippen molar-refractivity contribution in [1.82, 2.24) is 25.0 Å². The van der Waals surface area contributed by atoms with E-state index >= 15 is 0 Å². The van der Waals surface area contributed by atoms with Crippen LogP contribution in [0.3, 0.4) is 0 Å². The van der Waals surface area contributed by atoms with Crippen LogP contribution in [0.5, 0.6) is 0 Å². The number of amides is 2. The summed E-state index contributed by atoms with van der Waals surface area (Å²) in [7, 11) is 1.58. The standard InChI is InChI=1S/C16H21N5O3/c1-11(15(22)23)8-20(3)16(24)19-12(2)13-4-6-14(7-5-13)21-10-17-9-18-21/h4-7,9-12H,8H2,1-3H3,(H,19,24)(H,22,23). The van der Waals surface area contributed by atoms with E-state index in [1.807, 2.05) is 31.2 Å². The molecule has 2 unspecified atom stereocenters. The number of nitrogens with zero attached hydrogens (tertiary/aromatic N) is 4. The molecule has 0 aliphatic rings. The Balaban J connectivity index is 1.95. The van der Waals surface area contributed by atoms with Gasteiger partial charge in [0.2, 0.25) is 0 Å². The Labute approximate surface area is 140 Å². The van der Waals surface area contributed by atoms with Gasteiger partial charge in [0.1, 0.15) is 12.7 Å². The first-order valence-electron chi connectivity index (χ1n) is 7.58. The number of nitrogens with one attached hydrogen (secondary N) is 1. The molecule has 8 nitrogen and oxygen atoms in total. The number of benzene rings is 1. The van der Waals surface area contributed by atoms with Crippen molar-refractivity contribution in [3.8, 4) is 5.69 Å². The molecular formula is C16H21N5O3. The highest BCUT2D eigenvalue weighted by atomic mass is 16.4. The molecule has 1 aromatic carbocycles. The van der Waals surface area contributed by atoms with Crippen LogP contribution in [0.1, 0.15) is 25.5 Å². The van der Waals surface area contributed by atoms with Crippen LogP contribution in [0.15, 0.2) is 36.9 Å². The van der Waals surface area contributed by atoms with E-state index in [1.165, 1.54) is 11.2 Å². The molecule has 0 saturated heterocycles. The predicted molar refractivity (Wildman–Crippen MR) is 87.7 cm³/mol. The highest BCUT2D eigenvalue weighted by molar-refractivity contribution is 5.76. The van der Waals surface area contributed by atoms with Crippen molar-refractivity contribution in [3.63, 3.8) is 0 Å². The second-order valence-corrected chi connectivity index (χ2v) is 5.72. The fourth-order valence-corrected chi connectivity index (χ4v) is 2.21. The smallest absolute Gasteiger partial charge is 0.317 e. The minimum Gasteiger partial charge on any atom is -0.481 e. The van der Waals surface area contributed by atoms with Gasteiger partial charge in [-0.3, -0.25) is 4.79 Å². The van der Waals surface area contributed by atoms with E-state index in [-0.39, 0.29) is 18.6 Å². The van der Waals surface area contributed by atoms with E-state index in [2.05, 4.69) is 15.4 Å². The van der Waals surface area contributed by atoms with Gasteiger partial charge in [-0.05, 0) is 24.6 Å². The van der Waals surface area contributed by atoms with Gasteiger partial charge in [-0.15, -0.1) is 0 Å². The van der Waals surface area contributed by atoms with E-state index in [0.29, 0.717) is 0 Å². The minimum atomic E-state index is -0.925. The molecule has 2 N–H and O–H groups in total. The van der Waals surface area contributed by atoms with Gasteiger partial charge in [-0.2, -0.15) is 5.10 Å². The number of rotatable bonds is 6. The molecule has 128 valence electrons. The Kier molecular flexibility index (Phi) is 5.51. The van der Waals surface area contributed by atoms with Gasteiger partial charge < -0.3 is 15.3 Å². The molecule has 2 amide bonds. The van der Waals surface area contributed by atoms with Crippen molar-refractivity contribution in [3.05, 3.63) is 42.5 Å². The second-order valence-electron chi connectivity index (χ2n) is 5.72. The van der Waals surface area contributed by atoms with Crippen LogP contribution < -0.4 is 5.32 Å². The molecule has 0 aliphatic heterocycles. The first-order valence-corrected chi connectivity index (χ1v) is 7.58. The maximum absolute atomic E-state index is 12.1. The Hall–Kier alpha value is -2.90. The third-order valence-electron chi connectivity index (χ3n) is 3.73. The molecule has 2 atom stereocenters. The minimum absolute atomic E-state index is 0.152. The van der Waals surface area contributed by atoms with Crippen LogP contribution in [-0.2, 0) is 4.79 Å². The van der Waals surface area contributed by atoms with Crippen molar-refractivity contribution >= 4 is 12.0 Å².